The van der Waals surface area contributed by atoms with Gasteiger partial charge in [-0.25, -0.2) is 4.79 Å². The molecule has 0 saturated heterocycles. The fourth-order valence-corrected chi connectivity index (χ4v) is 2.76. The van der Waals surface area contributed by atoms with Crippen LogP contribution in [0.2, 0.25) is 0 Å². The average Bonchev–Trinajstić information content (AvgIpc) is 2.42. The van der Waals surface area contributed by atoms with Gasteiger partial charge in [0, 0.05) is 13.1 Å². The van der Waals surface area contributed by atoms with Gasteiger partial charge in [0.25, 0.3) is 0 Å². The Balaban J connectivity index is 2.06. The first-order chi connectivity index (χ1) is 9.13. The van der Waals surface area contributed by atoms with Crippen molar-refractivity contribution in [3.05, 3.63) is 0 Å². The number of carbonyl (C=O) groups is 2. The standard InChI is InChI=1S/C13H24N2O3S/c1-19-8-2-7-14-13(18)15-9-10-3-5-11(6-4-10)12(16)17/h10-11H,2-9H2,1H3,(H,16,17)(H2,14,15,18). The summed E-state index contributed by atoms with van der Waals surface area (Å²) in [5.74, 6) is 0.613. The van der Waals surface area contributed by atoms with E-state index in [2.05, 4.69) is 10.6 Å². The molecule has 0 unspecified atom stereocenters. The molecule has 1 saturated carbocycles. The van der Waals surface area contributed by atoms with Gasteiger partial charge in [-0.05, 0) is 50.0 Å². The summed E-state index contributed by atoms with van der Waals surface area (Å²) in [4.78, 5) is 22.3. The third kappa shape index (κ3) is 6.71. The monoisotopic (exact) mass is 288 g/mol. The Bertz CT molecular complexity index is 292. The molecule has 1 rings (SSSR count). The summed E-state index contributed by atoms with van der Waals surface area (Å²) in [5.41, 5.74) is 0. The number of amides is 2. The summed E-state index contributed by atoms with van der Waals surface area (Å²) < 4.78 is 0. The van der Waals surface area contributed by atoms with Gasteiger partial charge in [0.15, 0.2) is 0 Å². The average molecular weight is 288 g/mol. The number of urea groups is 1. The third-order valence-corrected chi connectivity index (χ3v) is 4.26. The van der Waals surface area contributed by atoms with Crippen LogP contribution in [-0.4, -0.2) is 42.2 Å². The molecular formula is C13H24N2O3S. The molecule has 5 nitrogen and oxygen atoms in total. The molecule has 19 heavy (non-hydrogen) atoms. The summed E-state index contributed by atoms with van der Waals surface area (Å²) in [6.07, 6.45) is 6.29. The summed E-state index contributed by atoms with van der Waals surface area (Å²) in [6, 6.07) is -0.110. The summed E-state index contributed by atoms with van der Waals surface area (Å²) >= 11 is 1.77. The lowest BCUT2D eigenvalue weighted by Crippen LogP contribution is -2.39. The zero-order valence-electron chi connectivity index (χ0n) is 11.5. The molecule has 0 atom stereocenters. The van der Waals surface area contributed by atoms with Crippen molar-refractivity contribution in [1.29, 1.82) is 0 Å². The van der Waals surface area contributed by atoms with Gasteiger partial charge in [-0.2, -0.15) is 11.8 Å². The fourth-order valence-electron chi connectivity index (χ4n) is 2.33. The second-order valence-electron chi connectivity index (χ2n) is 5.04. The zero-order chi connectivity index (χ0) is 14.1. The van der Waals surface area contributed by atoms with E-state index in [0.29, 0.717) is 19.0 Å². The van der Waals surface area contributed by atoms with Gasteiger partial charge < -0.3 is 15.7 Å². The lowest BCUT2D eigenvalue weighted by molar-refractivity contribution is -0.143. The van der Waals surface area contributed by atoms with Gasteiger partial charge in [-0.15, -0.1) is 0 Å². The first-order valence-electron chi connectivity index (χ1n) is 6.87. The highest BCUT2D eigenvalue weighted by Crippen LogP contribution is 2.28. The quantitative estimate of drug-likeness (QED) is 0.626. The molecule has 1 aliphatic rings. The number of thioether (sulfide) groups is 1. The number of carboxylic acids is 1. The van der Waals surface area contributed by atoms with Crippen molar-refractivity contribution >= 4 is 23.8 Å². The van der Waals surface area contributed by atoms with Crippen LogP contribution in [0.1, 0.15) is 32.1 Å². The Labute approximate surface area is 118 Å². The Kier molecular flexibility index (Phi) is 7.70. The largest absolute Gasteiger partial charge is 0.481 e. The Morgan fingerprint density at radius 1 is 1.21 bits per heavy atom. The summed E-state index contributed by atoms with van der Waals surface area (Å²) in [5, 5.41) is 14.6. The van der Waals surface area contributed by atoms with Crippen LogP contribution < -0.4 is 10.6 Å². The van der Waals surface area contributed by atoms with Crippen LogP contribution in [0.4, 0.5) is 4.79 Å². The van der Waals surface area contributed by atoms with Crippen molar-refractivity contribution < 1.29 is 14.7 Å². The highest BCUT2D eigenvalue weighted by molar-refractivity contribution is 7.98. The van der Waals surface area contributed by atoms with Crippen molar-refractivity contribution in [3.8, 4) is 0 Å². The number of carbonyl (C=O) groups excluding carboxylic acids is 1. The maximum atomic E-state index is 11.5. The molecule has 0 aliphatic heterocycles. The van der Waals surface area contributed by atoms with Gasteiger partial charge in [0.1, 0.15) is 0 Å². The van der Waals surface area contributed by atoms with Gasteiger partial charge in [0.2, 0.25) is 0 Å². The lowest BCUT2D eigenvalue weighted by atomic mass is 9.82. The minimum atomic E-state index is -0.682. The minimum absolute atomic E-state index is 0.110. The number of carboxylic acid groups (broad SMARTS) is 1. The first kappa shape index (κ1) is 16.1. The van der Waals surface area contributed by atoms with Crippen LogP contribution in [0.15, 0.2) is 0 Å². The number of rotatable bonds is 7. The van der Waals surface area contributed by atoms with E-state index in [-0.39, 0.29) is 11.9 Å². The smallest absolute Gasteiger partial charge is 0.314 e. The zero-order valence-corrected chi connectivity index (χ0v) is 12.3. The molecule has 1 fully saturated rings. The van der Waals surface area contributed by atoms with Crippen molar-refractivity contribution in [2.75, 3.05) is 25.1 Å². The van der Waals surface area contributed by atoms with Crippen LogP contribution in [0, 0.1) is 11.8 Å². The second kappa shape index (κ2) is 9.07. The first-order valence-corrected chi connectivity index (χ1v) is 8.26. The Hall–Kier alpha value is -0.910. The molecule has 2 amide bonds. The summed E-state index contributed by atoms with van der Waals surface area (Å²) in [7, 11) is 0. The molecule has 0 aromatic heterocycles. The van der Waals surface area contributed by atoms with E-state index in [4.69, 9.17) is 5.11 Å². The van der Waals surface area contributed by atoms with E-state index in [1.54, 1.807) is 11.8 Å². The van der Waals surface area contributed by atoms with Crippen LogP contribution >= 0.6 is 11.8 Å². The molecule has 0 spiro atoms. The second-order valence-corrected chi connectivity index (χ2v) is 6.02. The molecule has 0 radical (unpaired) electrons. The highest BCUT2D eigenvalue weighted by atomic mass is 32.2. The lowest BCUT2D eigenvalue weighted by Gasteiger charge is -2.26. The number of aliphatic carboxylic acids is 1. The van der Waals surface area contributed by atoms with Crippen LogP contribution in [0.3, 0.4) is 0 Å². The van der Waals surface area contributed by atoms with Crippen LogP contribution in [0.5, 0.6) is 0 Å². The molecule has 1 aliphatic carbocycles. The van der Waals surface area contributed by atoms with Gasteiger partial charge >= 0.3 is 12.0 Å². The normalized spacial score (nSPS) is 22.8. The molecule has 0 aromatic carbocycles. The van der Waals surface area contributed by atoms with E-state index in [1.807, 2.05) is 6.26 Å². The SMILES string of the molecule is CSCCCNC(=O)NCC1CCC(C(=O)O)CC1. The van der Waals surface area contributed by atoms with E-state index in [0.717, 1.165) is 37.9 Å². The topological polar surface area (TPSA) is 78.4 Å². The third-order valence-electron chi connectivity index (χ3n) is 3.56. The minimum Gasteiger partial charge on any atom is -0.481 e. The van der Waals surface area contributed by atoms with Crippen molar-refractivity contribution in [1.82, 2.24) is 10.6 Å². The fraction of sp³-hybridized carbons (Fsp3) is 0.846. The Morgan fingerprint density at radius 2 is 1.89 bits per heavy atom. The van der Waals surface area contributed by atoms with Crippen LogP contribution in [-0.2, 0) is 4.79 Å². The molecule has 0 heterocycles. The number of nitrogens with one attached hydrogen (secondary N) is 2. The highest BCUT2D eigenvalue weighted by Gasteiger charge is 2.25. The van der Waals surface area contributed by atoms with Crippen LogP contribution in [0.25, 0.3) is 0 Å². The maximum absolute atomic E-state index is 11.5. The maximum Gasteiger partial charge on any atom is 0.314 e. The molecule has 3 N–H and O–H groups in total. The predicted molar refractivity (Wildman–Crippen MR) is 77.5 cm³/mol. The van der Waals surface area contributed by atoms with E-state index < -0.39 is 5.97 Å². The molecular weight excluding hydrogens is 264 g/mol. The Morgan fingerprint density at radius 3 is 2.47 bits per heavy atom. The van der Waals surface area contributed by atoms with Crippen molar-refractivity contribution in [2.24, 2.45) is 11.8 Å². The number of hydrogen-bond acceptors (Lipinski definition) is 3. The van der Waals surface area contributed by atoms with Gasteiger partial charge in [0.05, 0.1) is 5.92 Å². The predicted octanol–water partition coefficient (Wildman–Crippen LogP) is 1.93. The van der Waals surface area contributed by atoms with E-state index in [9.17, 15) is 9.59 Å². The van der Waals surface area contributed by atoms with E-state index >= 15 is 0 Å². The summed E-state index contributed by atoms with van der Waals surface area (Å²) in [6.45, 7) is 1.36. The molecule has 6 heteroatoms. The number of hydrogen-bond donors (Lipinski definition) is 3. The molecule has 110 valence electrons. The van der Waals surface area contributed by atoms with Gasteiger partial charge in [-0.1, -0.05) is 0 Å². The van der Waals surface area contributed by atoms with Gasteiger partial charge in [-0.3, -0.25) is 4.79 Å². The molecule has 0 aromatic rings. The van der Waals surface area contributed by atoms with Crippen molar-refractivity contribution in [2.45, 2.75) is 32.1 Å². The van der Waals surface area contributed by atoms with Crippen molar-refractivity contribution in [3.63, 3.8) is 0 Å². The van der Waals surface area contributed by atoms with E-state index in [1.165, 1.54) is 0 Å². The molecule has 0 bridgehead atoms.